The van der Waals surface area contributed by atoms with Crippen LogP contribution in [0, 0.1) is 0 Å². The molecule has 1 aliphatic heterocycles. The van der Waals surface area contributed by atoms with Crippen molar-refractivity contribution < 1.29 is 5.21 Å². The molecule has 0 saturated carbocycles. The van der Waals surface area contributed by atoms with E-state index < -0.39 is 0 Å². The Kier molecular flexibility index (Phi) is 3.20. The van der Waals surface area contributed by atoms with E-state index in [0.717, 1.165) is 11.1 Å². The number of fused-ring (bicyclic) bond motifs is 1. The molecular weight excluding hydrogens is 290 g/mol. The van der Waals surface area contributed by atoms with Crippen molar-refractivity contribution in [2.75, 3.05) is 0 Å². The molecule has 1 atom stereocenters. The summed E-state index contributed by atoms with van der Waals surface area (Å²) in [5.74, 6) is 0.491. The summed E-state index contributed by atoms with van der Waals surface area (Å²) in [6.07, 6.45) is 1.46. The van der Waals surface area contributed by atoms with E-state index >= 15 is 0 Å². The van der Waals surface area contributed by atoms with Crippen LogP contribution in [0.2, 0.25) is 0 Å². The van der Waals surface area contributed by atoms with E-state index in [2.05, 4.69) is 20.2 Å². The minimum atomic E-state index is -0.369. The van der Waals surface area contributed by atoms with Crippen molar-refractivity contribution in [1.82, 2.24) is 14.8 Å². The van der Waals surface area contributed by atoms with Crippen LogP contribution in [0.4, 0.5) is 5.95 Å². The van der Waals surface area contributed by atoms with E-state index in [-0.39, 0.29) is 6.04 Å². The lowest BCUT2D eigenvalue weighted by atomic mass is 9.94. The third-order valence-electron chi connectivity index (χ3n) is 3.78. The zero-order chi connectivity index (χ0) is 15.6. The summed E-state index contributed by atoms with van der Waals surface area (Å²) < 4.78 is 1.66. The maximum absolute atomic E-state index is 9.66. The first-order valence-electron chi connectivity index (χ1n) is 7.19. The Morgan fingerprint density at radius 1 is 0.957 bits per heavy atom. The van der Waals surface area contributed by atoms with Crippen molar-refractivity contribution in [3.63, 3.8) is 0 Å². The molecule has 6 heteroatoms. The predicted molar refractivity (Wildman–Crippen MR) is 86.5 cm³/mol. The zero-order valence-electron chi connectivity index (χ0n) is 12.1. The van der Waals surface area contributed by atoms with Crippen LogP contribution in [-0.2, 0) is 0 Å². The standard InChI is InChI=1S/C17H13N5O/c23-21-15-14(12-7-3-1-4-8-12)20-17-18-11-19-22(17)16(15)13-9-5-2-6-10-13/h1-11,16,23H. The predicted octanol–water partition coefficient (Wildman–Crippen LogP) is 2.83. The molecule has 6 nitrogen and oxygen atoms in total. The quantitative estimate of drug-likeness (QED) is 0.584. The van der Waals surface area contributed by atoms with Crippen molar-refractivity contribution in [2.24, 2.45) is 10.1 Å². The Hall–Kier alpha value is -3.28. The van der Waals surface area contributed by atoms with E-state index in [4.69, 9.17) is 0 Å². The fraction of sp³-hybridized carbons (Fsp3) is 0.0588. The molecule has 1 aliphatic rings. The molecule has 4 rings (SSSR count). The summed E-state index contributed by atoms with van der Waals surface area (Å²) in [6, 6.07) is 19.0. The fourth-order valence-electron chi connectivity index (χ4n) is 2.75. The third-order valence-corrected chi connectivity index (χ3v) is 3.78. The van der Waals surface area contributed by atoms with Gasteiger partial charge in [0, 0.05) is 5.56 Å². The summed E-state index contributed by atoms with van der Waals surface area (Å²) in [5.41, 5.74) is 2.87. The monoisotopic (exact) mass is 303 g/mol. The van der Waals surface area contributed by atoms with Gasteiger partial charge in [-0.05, 0) is 5.56 Å². The van der Waals surface area contributed by atoms with Gasteiger partial charge < -0.3 is 5.21 Å². The molecule has 0 bridgehead atoms. The number of rotatable bonds is 2. The van der Waals surface area contributed by atoms with Crippen LogP contribution in [-0.4, -0.2) is 31.4 Å². The van der Waals surface area contributed by atoms with Crippen LogP contribution in [0.15, 0.2) is 77.1 Å². The van der Waals surface area contributed by atoms with Gasteiger partial charge in [0.15, 0.2) is 0 Å². The first-order valence-corrected chi connectivity index (χ1v) is 7.19. The van der Waals surface area contributed by atoms with E-state index in [1.54, 1.807) is 4.68 Å². The van der Waals surface area contributed by atoms with Crippen LogP contribution in [0.5, 0.6) is 0 Å². The molecule has 112 valence electrons. The molecule has 0 spiro atoms. The maximum atomic E-state index is 9.66. The van der Waals surface area contributed by atoms with Gasteiger partial charge in [-0.25, -0.2) is 9.67 Å². The van der Waals surface area contributed by atoms with E-state index in [1.165, 1.54) is 6.33 Å². The topological polar surface area (TPSA) is 75.7 Å². The lowest BCUT2D eigenvalue weighted by molar-refractivity contribution is 0.316. The summed E-state index contributed by atoms with van der Waals surface area (Å²) >= 11 is 0. The Balaban J connectivity index is 1.93. The summed E-state index contributed by atoms with van der Waals surface area (Å²) in [5, 5.41) is 17.4. The van der Waals surface area contributed by atoms with Gasteiger partial charge in [-0.2, -0.15) is 10.1 Å². The fourth-order valence-corrected chi connectivity index (χ4v) is 2.75. The summed E-state index contributed by atoms with van der Waals surface area (Å²) in [6.45, 7) is 0. The maximum Gasteiger partial charge on any atom is 0.249 e. The van der Waals surface area contributed by atoms with Gasteiger partial charge in [-0.3, -0.25) is 0 Å². The van der Waals surface area contributed by atoms with Crippen molar-refractivity contribution in [2.45, 2.75) is 6.04 Å². The number of benzene rings is 2. The Morgan fingerprint density at radius 3 is 2.35 bits per heavy atom. The molecule has 0 fully saturated rings. The second-order valence-corrected chi connectivity index (χ2v) is 5.13. The molecule has 2 heterocycles. The average Bonchev–Trinajstić information content (AvgIpc) is 3.09. The van der Waals surface area contributed by atoms with Gasteiger partial charge in [0.05, 0.1) is 0 Å². The van der Waals surface area contributed by atoms with Crippen LogP contribution in [0.3, 0.4) is 0 Å². The first-order chi connectivity index (χ1) is 11.4. The molecule has 1 aromatic heterocycles. The van der Waals surface area contributed by atoms with Gasteiger partial charge in [-0.15, -0.1) is 0 Å². The molecule has 0 saturated heterocycles. The van der Waals surface area contributed by atoms with E-state index in [1.807, 2.05) is 60.7 Å². The third kappa shape index (κ3) is 2.20. The Bertz CT molecular complexity index is 884. The minimum absolute atomic E-state index is 0.369. The molecule has 23 heavy (non-hydrogen) atoms. The highest BCUT2D eigenvalue weighted by atomic mass is 16.4. The van der Waals surface area contributed by atoms with Crippen molar-refractivity contribution in [3.8, 4) is 0 Å². The summed E-state index contributed by atoms with van der Waals surface area (Å²) in [4.78, 5) is 8.72. The first kappa shape index (κ1) is 13.4. The highest BCUT2D eigenvalue weighted by Gasteiger charge is 2.33. The number of hydrogen-bond donors (Lipinski definition) is 1. The Labute approximate surface area is 132 Å². The summed E-state index contributed by atoms with van der Waals surface area (Å²) in [7, 11) is 0. The number of hydrogen-bond acceptors (Lipinski definition) is 5. The minimum Gasteiger partial charge on any atom is -0.411 e. The second-order valence-electron chi connectivity index (χ2n) is 5.13. The molecule has 1 unspecified atom stereocenters. The van der Waals surface area contributed by atoms with Gasteiger partial charge in [0.1, 0.15) is 23.8 Å². The average molecular weight is 303 g/mol. The van der Waals surface area contributed by atoms with Crippen LogP contribution in [0.25, 0.3) is 0 Å². The van der Waals surface area contributed by atoms with Crippen molar-refractivity contribution in [3.05, 3.63) is 78.1 Å². The molecule has 3 aromatic rings. The van der Waals surface area contributed by atoms with Gasteiger partial charge in [-0.1, -0.05) is 65.8 Å². The SMILES string of the molecule is ON=C1C(c2ccccc2)=Nc2ncnn2C1c1ccccc1. The van der Waals surface area contributed by atoms with E-state index in [9.17, 15) is 5.21 Å². The van der Waals surface area contributed by atoms with Gasteiger partial charge >= 0.3 is 0 Å². The Morgan fingerprint density at radius 2 is 1.65 bits per heavy atom. The van der Waals surface area contributed by atoms with Crippen molar-refractivity contribution in [1.29, 1.82) is 0 Å². The molecule has 1 N–H and O–H groups in total. The number of nitrogens with zero attached hydrogens (tertiary/aromatic N) is 5. The molecule has 0 aliphatic carbocycles. The number of oxime groups is 1. The van der Waals surface area contributed by atoms with Crippen LogP contribution in [0.1, 0.15) is 17.2 Å². The highest BCUT2D eigenvalue weighted by Crippen LogP contribution is 2.30. The number of aromatic nitrogens is 3. The normalized spacial score (nSPS) is 18.5. The molecule has 0 radical (unpaired) electrons. The van der Waals surface area contributed by atoms with Crippen LogP contribution >= 0.6 is 0 Å². The zero-order valence-corrected chi connectivity index (χ0v) is 12.1. The molecule has 2 aromatic carbocycles. The van der Waals surface area contributed by atoms with E-state index in [0.29, 0.717) is 17.4 Å². The van der Waals surface area contributed by atoms with Crippen LogP contribution < -0.4 is 0 Å². The molecule has 0 amide bonds. The lowest BCUT2D eigenvalue weighted by Crippen LogP contribution is -2.32. The van der Waals surface area contributed by atoms with Crippen molar-refractivity contribution >= 4 is 17.4 Å². The van der Waals surface area contributed by atoms with Gasteiger partial charge in [0.2, 0.25) is 5.95 Å². The highest BCUT2D eigenvalue weighted by molar-refractivity contribution is 6.50. The second kappa shape index (κ2) is 5.49. The lowest BCUT2D eigenvalue weighted by Gasteiger charge is -2.24. The number of aliphatic imine (C=N–C) groups is 1. The smallest absolute Gasteiger partial charge is 0.249 e. The van der Waals surface area contributed by atoms with Gasteiger partial charge in [0.25, 0.3) is 0 Å². The molecular formula is C17H13N5O. The largest absolute Gasteiger partial charge is 0.411 e.